The van der Waals surface area contributed by atoms with Crippen molar-refractivity contribution in [3.05, 3.63) is 34.9 Å². The normalized spacial score (nSPS) is 12.2. The molecule has 0 aromatic heterocycles. The quantitative estimate of drug-likeness (QED) is 0.838. The van der Waals surface area contributed by atoms with Gasteiger partial charge in [-0.1, -0.05) is 23.7 Å². The molecule has 1 rings (SSSR count). The molecule has 1 amide bonds. The number of thioether (sulfide) groups is 1. The minimum absolute atomic E-state index is 0.0339. The van der Waals surface area contributed by atoms with Crippen LogP contribution in [0.1, 0.15) is 12.5 Å². The molecular weight excluding hydrogens is 270 g/mol. The van der Waals surface area contributed by atoms with E-state index in [9.17, 15) is 4.79 Å². The lowest BCUT2D eigenvalue weighted by Gasteiger charge is -2.12. The van der Waals surface area contributed by atoms with E-state index in [1.54, 1.807) is 18.9 Å². The summed E-state index contributed by atoms with van der Waals surface area (Å²) in [4.78, 5) is 11.6. The van der Waals surface area contributed by atoms with Crippen molar-refractivity contribution in [1.29, 1.82) is 0 Å². The maximum absolute atomic E-state index is 11.6. The first-order valence-electron chi connectivity index (χ1n) is 5.72. The van der Waals surface area contributed by atoms with Crippen LogP contribution in [0.25, 0.3) is 0 Å². The number of halogens is 1. The van der Waals surface area contributed by atoms with E-state index in [1.165, 1.54) is 0 Å². The Balaban J connectivity index is 2.23. The maximum atomic E-state index is 11.6. The van der Waals surface area contributed by atoms with Crippen LogP contribution in [-0.4, -0.2) is 31.4 Å². The van der Waals surface area contributed by atoms with Crippen LogP contribution in [-0.2, 0) is 15.3 Å². The van der Waals surface area contributed by atoms with Crippen LogP contribution in [0.3, 0.4) is 0 Å². The van der Waals surface area contributed by atoms with Gasteiger partial charge in [0.2, 0.25) is 5.91 Å². The fourth-order valence-corrected chi connectivity index (χ4v) is 2.50. The molecule has 3 nitrogen and oxygen atoms in total. The molecule has 0 aliphatic heterocycles. The van der Waals surface area contributed by atoms with Crippen LogP contribution in [0, 0.1) is 0 Å². The molecule has 1 aromatic rings. The van der Waals surface area contributed by atoms with E-state index in [2.05, 4.69) is 5.32 Å². The van der Waals surface area contributed by atoms with Gasteiger partial charge in [-0.05, 0) is 24.6 Å². The van der Waals surface area contributed by atoms with E-state index >= 15 is 0 Å². The summed E-state index contributed by atoms with van der Waals surface area (Å²) in [5, 5.41) is 3.60. The Kier molecular flexibility index (Phi) is 7.16. The Morgan fingerprint density at radius 3 is 3.00 bits per heavy atom. The summed E-state index contributed by atoms with van der Waals surface area (Å²) < 4.78 is 4.96. The number of hydrogen-bond donors (Lipinski definition) is 1. The van der Waals surface area contributed by atoms with Crippen LogP contribution in [0.5, 0.6) is 0 Å². The highest BCUT2D eigenvalue weighted by Gasteiger charge is 2.06. The molecule has 0 aliphatic carbocycles. The van der Waals surface area contributed by atoms with Gasteiger partial charge in [-0.2, -0.15) is 0 Å². The molecule has 18 heavy (non-hydrogen) atoms. The van der Waals surface area contributed by atoms with Gasteiger partial charge in [0, 0.05) is 23.9 Å². The maximum Gasteiger partial charge on any atom is 0.230 e. The zero-order valence-electron chi connectivity index (χ0n) is 10.6. The minimum Gasteiger partial charge on any atom is -0.383 e. The highest BCUT2D eigenvalue weighted by atomic mass is 35.5. The standard InChI is InChI=1S/C13H18ClNO2S/c1-10(7-17-2)15-13(16)9-18-8-11-4-3-5-12(14)6-11/h3-6,10H,7-9H2,1-2H3,(H,15,16)/t10-/m0/s1. The van der Waals surface area contributed by atoms with Crippen molar-refractivity contribution in [3.63, 3.8) is 0 Å². The van der Waals surface area contributed by atoms with Gasteiger partial charge in [0.15, 0.2) is 0 Å². The zero-order chi connectivity index (χ0) is 13.4. The van der Waals surface area contributed by atoms with E-state index in [0.717, 1.165) is 16.3 Å². The molecule has 100 valence electrons. The lowest BCUT2D eigenvalue weighted by Crippen LogP contribution is -2.36. The van der Waals surface area contributed by atoms with Crippen molar-refractivity contribution in [2.75, 3.05) is 19.5 Å². The second-order valence-electron chi connectivity index (χ2n) is 4.05. The zero-order valence-corrected chi connectivity index (χ0v) is 12.2. The van der Waals surface area contributed by atoms with Gasteiger partial charge >= 0.3 is 0 Å². The lowest BCUT2D eigenvalue weighted by atomic mass is 10.2. The molecule has 0 spiro atoms. The Morgan fingerprint density at radius 2 is 2.33 bits per heavy atom. The van der Waals surface area contributed by atoms with Crippen LogP contribution in [0.15, 0.2) is 24.3 Å². The number of nitrogens with one attached hydrogen (secondary N) is 1. The Bertz CT molecular complexity index is 387. The van der Waals surface area contributed by atoms with Crippen LogP contribution < -0.4 is 5.32 Å². The van der Waals surface area contributed by atoms with E-state index in [4.69, 9.17) is 16.3 Å². The molecule has 0 heterocycles. The van der Waals surface area contributed by atoms with Gasteiger partial charge in [-0.25, -0.2) is 0 Å². The number of rotatable bonds is 7. The second kappa shape index (κ2) is 8.40. The number of hydrogen-bond acceptors (Lipinski definition) is 3. The molecule has 0 saturated carbocycles. The SMILES string of the molecule is COC[C@H](C)NC(=O)CSCc1cccc(Cl)c1. The van der Waals surface area contributed by atoms with Crippen molar-refractivity contribution in [1.82, 2.24) is 5.32 Å². The topological polar surface area (TPSA) is 38.3 Å². The molecule has 1 aromatic carbocycles. The molecule has 1 atom stereocenters. The summed E-state index contributed by atoms with van der Waals surface area (Å²) in [6.45, 7) is 2.45. The molecule has 0 unspecified atom stereocenters. The minimum atomic E-state index is 0.0339. The van der Waals surface area contributed by atoms with Crippen LogP contribution >= 0.6 is 23.4 Å². The monoisotopic (exact) mass is 287 g/mol. The largest absolute Gasteiger partial charge is 0.383 e. The van der Waals surface area contributed by atoms with Gasteiger partial charge < -0.3 is 10.1 Å². The number of carbonyl (C=O) groups is 1. The second-order valence-corrected chi connectivity index (χ2v) is 5.47. The summed E-state index contributed by atoms with van der Waals surface area (Å²) >= 11 is 7.46. The predicted octanol–water partition coefficient (Wildman–Crippen LogP) is 2.72. The molecule has 0 fully saturated rings. The summed E-state index contributed by atoms with van der Waals surface area (Å²) in [6.07, 6.45) is 0. The van der Waals surface area contributed by atoms with Crippen LogP contribution in [0.2, 0.25) is 5.02 Å². The van der Waals surface area contributed by atoms with Crippen molar-refractivity contribution in [2.24, 2.45) is 0 Å². The Labute approximate surface area is 117 Å². The number of methoxy groups -OCH3 is 1. The summed E-state index contributed by atoms with van der Waals surface area (Å²) in [6, 6.07) is 7.73. The van der Waals surface area contributed by atoms with Crippen molar-refractivity contribution in [3.8, 4) is 0 Å². The first-order chi connectivity index (χ1) is 8.61. The van der Waals surface area contributed by atoms with E-state index in [-0.39, 0.29) is 11.9 Å². The molecule has 0 bridgehead atoms. The van der Waals surface area contributed by atoms with Gasteiger partial charge in [0.25, 0.3) is 0 Å². The van der Waals surface area contributed by atoms with Gasteiger partial charge in [0.05, 0.1) is 12.4 Å². The molecule has 0 saturated heterocycles. The van der Waals surface area contributed by atoms with Crippen molar-refractivity contribution in [2.45, 2.75) is 18.7 Å². The average molecular weight is 288 g/mol. The first kappa shape index (κ1) is 15.3. The fraction of sp³-hybridized carbons (Fsp3) is 0.462. The molecule has 1 N–H and O–H groups in total. The first-order valence-corrected chi connectivity index (χ1v) is 7.25. The summed E-state index contributed by atoms with van der Waals surface area (Å²) in [5.74, 6) is 1.26. The lowest BCUT2D eigenvalue weighted by molar-refractivity contribution is -0.119. The number of carbonyl (C=O) groups excluding carboxylic acids is 1. The Morgan fingerprint density at radius 1 is 1.56 bits per heavy atom. The Hall–Kier alpha value is -0.710. The number of ether oxygens (including phenoxy) is 1. The van der Waals surface area contributed by atoms with Gasteiger partial charge in [-0.3, -0.25) is 4.79 Å². The third-order valence-electron chi connectivity index (χ3n) is 2.21. The number of benzene rings is 1. The number of amides is 1. The van der Waals surface area contributed by atoms with E-state index < -0.39 is 0 Å². The fourth-order valence-electron chi connectivity index (χ4n) is 1.50. The summed E-state index contributed by atoms with van der Waals surface area (Å²) in [7, 11) is 1.62. The van der Waals surface area contributed by atoms with E-state index in [1.807, 2.05) is 31.2 Å². The van der Waals surface area contributed by atoms with Crippen molar-refractivity contribution < 1.29 is 9.53 Å². The van der Waals surface area contributed by atoms with E-state index in [0.29, 0.717) is 12.4 Å². The highest BCUT2D eigenvalue weighted by molar-refractivity contribution is 7.99. The summed E-state index contributed by atoms with van der Waals surface area (Å²) in [5.41, 5.74) is 1.13. The highest BCUT2D eigenvalue weighted by Crippen LogP contribution is 2.16. The predicted molar refractivity (Wildman–Crippen MR) is 77.1 cm³/mol. The third-order valence-corrected chi connectivity index (χ3v) is 3.45. The molecule has 0 aliphatic rings. The molecule has 0 radical (unpaired) electrons. The van der Waals surface area contributed by atoms with Gasteiger partial charge in [0.1, 0.15) is 0 Å². The van der Waals surface area contributed by atoms with Crippen LogP contribution in [0.4, 0.5) is 0 Å². The molecular formula is C13H18ClNO2S. The third kappa shape index (κ3) is 6.28. The van der Waals surface area contributed by atoms with Gasteiger partial charge in [-0.15, -0.1) is 11.8 Å². The molecule has 5 heteroatoms. The van der Waals surface area contributed by atoms with Crippen molar-refractivity contribution >= 4 is 29.3 Å². The smallest absolute Gasteiger partial charge is 0.230 e. The average Bonchev–Trinajstić information content (AvgIpc) is 2.29.